The van der Waals surface area contributed by atoms with E-state index in [1.165, 1.54) is 51.9 Å². The Hall–Kier alpha value is -0.610. The fraction of sp³-hybridized carbons (Fsp3) is 0.923. The molecule has 2 aliphatic rings. The minimum Gasteiger partial charge on any atom is -0.462 e. The van der Waals surface area contributed by atoms with Crippen LogP contribution in [0.15, 0.2) is 0 Å². The van der Waals surface area contributed by atoms with Crippen molar-refractivity contribution in [3.8, 4) is 0 Å². The summed E-state index contributed by atoms with van der Waals surface area (Å²) in [7, 11) is 0. The highest BCUT2D eigenvalue weighted by Gasteiger charge is 2.21. The number of nitrogens with zero attached hydrogens (tertiary/aromatic N) is 2. The van der Waals surface area contributed by atoms with E-state index in [1.54, 1.807) is 0 Å². The van der Waals surface area contributed by atoms with E-state index in [9.17, 15) is 4.79 Å². The fourth-order valence-electron chi connectivity index (χ4n) is 2.11. The van der Waals surface area contributed by atoms with Crippen LogP contribution in [0.2, 0.25) is 0 Å². The second-order valence-corrected chi connectivity index (χ2v) is 5.65. The van der Waals surface area contributed by atoms with Crippen LogP contribution >= 0.6 is 0 Å². The summed E-state index contributed by atoms with van der Waals surface area (Å²) in [5.41, 5.74) is -0.318. The van der Waals surface area contributed by atoms with Crippen LogP contribution in [0, 0.1) is 0 Å². The Balaban J connectivity index is 0.000000185. The first-order valence-corrected chi connectivity index (χ1v) is 6.64. The maximum absolute atomic E-state index is 9.60. The zero-order valence-electron chi connectivity index (χ0n) is 11.4. The molecular formula is C13H26N2O2. The quantitative estimate of drug-likeness (QED) is 0.694. The monoisotopic (exact) mass is 242 g/mol. The van der Waals surface area contributed by atoms with Gasteiger partial charge in [0.25, 0.3) is 6.47 Å². The number of hydrogen-bond acceptors (Lipinski definition) is 4. The SMILES string of the molecule is C1CCN(N2CCCC2)C1.CC(C)(C)OC=O. The second-order valence-electron chi connectivity index (χ2n) is 5.65. The van der Waals surface area contributed by atoms with E-state index in [0.29, 0.717) is 6.47 Å². The zero-order chi connectivity index (χ0) is 12.7. The maximum atomic E-state index is 9.60. The molecule has 0 unspecified atom stereocenters. The van der Waals surface area contributed by atoms with Crippen molar-refractivity contribution in [2.75, 3.05) is 26.2 Å². The lowest BCUT2D eigenvalue weighted by molar-refractivity contribution is -0.138. The molecule has 2 fully saturated rings. The molecule has 0 spiro atoms. The van der Waals surface area contributed by atoms with Crippen LogP contribution < -0.4 is 0 Å². The van der Waals surface area contributed by atoms with Gasteiger partial charge in [-0.25, -0.2) is 10.0 Å². The molecule has 4 heteroatoms. The summed E-state index contributed by atoms with van der Waals surface area (Å²) < 4.78 is 4.55. The van der Waals surface area contributed by atoms with Gasteiger partial charge in [-0.3, -0.25) is 4.79 Å². The topological polar surface area (TPSA) is 32.8 Å². The van der Waals surface area contributed by atoms with Gasteiger partial charge in [-0.1, -0.05) is 0 Å². The molecule has 0 amide bonds. The smallest absolute Gasteiger partial charge is 0.293 e. The number of rotatable bonds is 2. The number of hydrogen-bond donors (Lipinski definition) is 0. The van der Waals surface area contributed by atoms with Crippen molar-refractivity contribution in [3.63, 3.8) is 0 Å². The fourth-order valence-corrected chi connectivity index (χ4v) is 2.11. The lowest BCUT2D eigenvalue weighted by Crippen LogP contribution is -2.38. The standard InChI is InChI=1S/C8H16N2.C5H10O2/c1-2-6-9(5-1)10-7-3-4-8-10;1-5(2,3)7-4-6/h1-8H2;4H,1-3H3. The Morgan fingerprint density at radius 3 is 1.41 bits per heavy atom. The van der Waals surface area contributed by atoms with E-state index < -0.39 is 0 Å². The van der Waals surface area contributed by atoms with Crippen LogP contribution in [-0.2, 0) is 9.53 Å². The van der Waals surface area contributed by atoms with Crippen LogP contribution in [0.5, 0.6) is 0 Å². The van der Waals surface area contributed by atoms with Crippen LogP contribution in [0.4, 0.5) is 0 Å². The molecule has 2 saturated heterocycles. The zero-order valence-corrected chi connectivity index (χ0v) is 11.4. The van der Waals surface area contributed by atoms with Gasteiger partial charge in [-0.15, -0.1) is 0 Å². The molecule has 2 rings (SSSR count). The van der Waals surface area contributed by atoms with Gasteiger partial charge in [-0.05, 0) is 46.5 Å². The molecule has 2 aliphatic heterocycles. The van der Waals surface area contributed by atoms with Crippen LogP contribution in [0.1, 0.15) is 46.5 Å². The van der Waals surface area contributed by atoms with Gasteiger partial charge >= 0.3 is 0 Å². The largest absolute Gasteiger partial charge is 0.462 e. The summed E-state index contributed by atoms with van der Waals surface area (Å²) in [6, 6.07) is 0. The van der Waals surface area contributed by atoms with E-state index in [-0.39, 0.29) is 5.60 Å². The van der Waals surface area contributed by atoms with Crippen LogP contribution in [0.25, 0.3) is 0 Å². The average molecular weight is 242 g/mol. The number of ether oxygens (including phenoxy) is 1. The average Bonchev–Trinajstić information content (AvgIpc) is 2.90. The van der Waals surface area contributed by atoms with Crippen molar-refractivity contribution in [1.82, 2.24) is 10.0 Å². The van der Waals surface area contributed by atoms with Gasteiger partial charge < -0.3 is 4.74 Å². The van der Waals surface area contributed by atoms with Gasteiger partial charge in [0.2, 0.25) is 0 Å². The normalized spacial score (nSPS) is 22.1. The van der Waals surface area contributed by atoms with Crippen molar-refractivity contribution >= 4 is 6.47 Å². The number of carbonyl (C=O) groups excluding carboxylic acids is 1. The first-order chi connectivity index (χ1) is 8.03. The molecule has 0 aromatic rings. The highest BCUT2D eigenvalue weighted by molar-refractivity contribution is 5.37. The molecule has 100 valence electrons. The minimum absolute atomic E-state index is 0.318. The second kappa shape index (κ2) is 6.97. The Labute approximate surface area is 105 Å². The Morgan fingerprint density at radius 2 is 1.24 bits per heavy atom. The van der Waals surface area contributed by atoms with E-state index in [2.05, 4.69) is 14.8 Å². The summed E-state index contributed by atoms with van der Waals surface area (Å²) in [6.07, 6.45) is 5.65. The predicted molar refractivity (Wildman–Crippen MR) is 68.5 cm³/mol. The Kier molecular flexibility index (Phi) is 5.92. The Bertz CT molecular complexity index is 200. The summed E-state index contributed by atoms with van der Waals surface area (Å²) in [5.74, 6) is 0. The molecule has 0 bridgehead atoms. The third-order valence-electron chi connectivity index (χ3n) is 2.97. The molecule has 17 heavy (non-hydrogen) atoms. The summed E-state index contributed by atoms with van der Waals surface area (Å²) in [5, 5.41) is 5.07. The van der Waals surface area contributed by atoms with E-state index >= 15 is 0 Å². The summed E-state index contributed by atoms with van der Waals surface area (Å²) in [4.78, 5) is 9.60. The van der Waals surface area contributed by atoms with Crippen molar-refractivity contribution in [2.45, 2.75) is 52.1 Å². The first-order valence-electron chi connectivity index (χ1n) is 6.64. The number of hydrazine groups is 1. The molecule has 0 aromatic carbocycles. The molecule has 0 radical (unpaired) electrons. The van der Waals surface area contributed by atoms with Crippen LogP contribution in [-0.4, -0.2) is 48.3 Å². The first kappa shape index (κ1) is 14.5. The molecule has 0 atom stereocenters. The van der Waals surface area contributed by atoms with Crippen molar-refractivity contribution < 1.29 is 9.53 Å². The van der Waals surface area contributed by atoms with Gasteiger partial charge in [0.1, 0.15) is 5.60 Å². The highest BCUT2D eigenvalue weighted by Crippen LogP contribution is 2.16. The lowest BCUT2D eigenvalue weighted by Gasteiger charge is -2.26. The van der Waals surface area contributed by atoms with E-state index in [4.69, 9.17) is 0 Å². The predicted octanol–water partition coefficient (Wildman–Crippen LogP) is 2.05. The van der Waals surface area contributed by atoms with Crippen molar-refractivity contribution in [3.05, 3.63) is 0 Å². The van der Waals surface area contributed by atoms with Gasteiger partial charge in [0.05, 0.1) is 0 Å². The summed E-state index contributed by atoms with van der Waals surface area (Å²) in [6.45, 7) is 11.2. The van der Waals surface area contributed by atoms with Crippen molar-refractivity contribution in [1.29, 1.82) is 0 Å². The molecule has 0 saturated carbocycles. The molecule has 2 heterocycles. The highest BCUT2D eigenvalue weighted by atomic mass is 16.5. The van der Waals surface area contributed by atoms with Gasteiger partial charge in [0, 0.05) is 26.2 Å². The lowest BCUT2D eigenvalue weighted by atomic mass is 10.2. The molecule has 0 N–H and O–H groups in total. The molecule has 0 aromatic heterocycles. The van der Waals surface area contributed by atoms with Crippen LogP contribution in [0.3, 0.4) is 0 Å². The summed E-state index contributed by atoms with van der Waals surface area (Å²) >= 11 is 0. The third kappa shape index (κ3) is 6.03. The van der Waals surface area contributed by atoms with Crippen molar-refractivity contribution in [2.24, 2.45) is 0 Å². The molecule has 0 aliphatic carbocycles. The third-order valence-corrected chi connectivity index (χ3v) is 2.97. The molecular weight excluding hydrogens is 216 g/mol. The maximum Gasteiger partial charge on any atom is 0.293 e. The van der Waals surface area contributed by atoms with Gasteiger partial charge in [0.15, 0.2) is 0 Å². The van der Waals surface area contributed by atoms with E-state index in [1.807, 2.05) is 20.8 Å². The molecule has 4 nitrogen and oxygen atoms in total. The Morgan fingerprint density at radius 1 is 0.882 bits per heavy atom. The number of carbonyl (C=O) groups is 1. The minimum atomic E-state index is -0.318. The van der Waals surface area contributed by atoms with Gasteiger partial charge in [-0.2, -0.15) is 0 Å². The van der Waals surface area contributed by atoms with E-state index in [0.717, 1.165) is 0 Å².